The molecular weight excluding hydrogens is 356 g/mol. The summed E-state index contributed by atoms with van der Waals surface area (Å²) in [7, 11) is 0. The fraction of sp³-hybridized carbons (Fsp3) is 0.286. The van der Waals surface area contributed by atoms with Crippen molar-refractivity contribution in [1.29, 1.82) is 5.26 Å². The first-order valence-corrected chi connectivity index (χ1v) is 9.03. The number of benzene rings is 2. The van der Waals surface area contributed by atoms with Crippen LogP contribution in [0.25, 0.3) is 0 Å². The molecule has 0 aromatic heterocycles. The summed E-state index contributed by atoms with van der Waals surface area (Å²) in [6.07, 6.45) is 0. The van der Waals surface area contributed by atoms with Crippen molar-refractivity contribution in [2.75, 3.05) is 36.9 Å². The second kappa shape index (κ2) is 10.7. The van der Waals surface area contributed by atoms with Crippen LogP contribution in [-0.4, -0.2) is 43.0 Å². The van der Waals surface area contributed by atoms with Crippen molar-refractivity contribution < 1.29 is 14.3 Å². The minimum absolute atomic E-state index is 0.118. The first-order valence-electron chi connectivity index (χ1n) is 9.03. The predicted octanol–water partition coefficient (Wildman–Crippen LogP) is 2.86. The van der Waals surface area contributed by atoms with Crippen LogP contribution in [0.3, 0.4) is 0 Å². The summed E-state index contributed by atoms with van der Waals surface area (Å²) in [6, 6.07) is 15.9. The molecule has 0 aliphatic carbocycles. The van der Waals surface area contributed by atoms with E-state index in [1.165, 1.54) is 6.92 Å². The van der Waals surface area contributed by atoms with Crippen LogP contribution in [0.1, 0.15) is 19.4 Å². The summed E-state index contributed by atoms with van der Waals surface area (Å²) >= 11 is 0. The lowest BCUT2D eigenvalue weighted by molar-refractivity contribution is -0.117. The molecule has 2 aromatic carbocycles. The molecule has 0 atom stereocenters. The third-order valence-electron chi connectivity index (χ3n) is 3.96. The monoisotopic (exact) mass is 380 g/mol. The molecule has 0 radical (unpaired) electrons. The smallest absolute Gasteiger partial charge is 0.238 e. The quantitative estimate of drug-likeness (QED) is 0.698. The Hall–Kier alpha value is -3.37. The third kappa shape index (κ3) is 7.09. The van der Waals surface area contributed by atoms with Crippen LogP contribution in [0.15, 0.2) is 48.5 Å². The average Bonchev–Trinajstić information content (AvgIpc) is 2.68. The fourth-order valence-electron chi connectivity index (χ4n) is 2.51. The van der Waals surface area contributed by atoms with Crippen LogP contribution in [0.2, 0.25) is 0 Å². The molecule has 0 spiro atoms. The molecule has 0 aliphatic heterocycles. The van der Waals surface area contributed by atoms with Crippen molar-refractivity contribution in [2.24, 2.45) is 0 Å². The van der Waals surface area contributed by atoms with Crippen LogP contribution in [0.5, 0.6) is 5.75 Å². The number of rotatable bonds is 9. The third-order valence-corrected chi connectivity index (χ3v) is 3.96. The minimum atomic E-state index is -0.140. The zero-order chi connectivity index (χ0) is 20.4. The maximum atomic E-state index is 12.3. The van der Waals surface area contributed by atoms with Gasteiger partial charge in [0.2, 0.25) is 11.8 Å². The number of amides is 2. The maximum Gasteiger partial charge on any atom is 0.238 e. The number of ether oxygens (including phenoxy) is 1. The minimum Gasteiger partial charge on any atom is -0.492 e. The maximum absolute atomic E-state index is 12.3. The number of hydrogen-bond donors (Lipinski definition) is 2. The summed E-state index contributed by atoms with van der Waals surface area (Å²) in [5.74, 6) is 0.435. The van der Waals surface area contributed by atoms with Crippen LogP contribution < -0.4 is 15.4 Å². The highest BCUT2D eigenvalue weighted by atomic mass is 16.5. The van der Waals surface area contributed by atoms with Crippen molar-refractivity contribution >= 4 is 23.2 Å². The SMILES string of the molecule is CCN(CCOc1ccc(C#N)cc1)CC(=O)Nc1ccc(NC(C)=O)cc1. The molecule has 2 aromatic rings. The number of nitriles is 1. The number of anilines is 2. The molecule has 7 heteroatoms. The summed E-state index contributed by atoms with van der Waals surface area (Å²) in [5, 5.41) is 14.3. The molecule has 2 N–H and O–H groups in total. The van der Waals surface area contributed by atoms with Crippen molar-refractivity contribution in [3.8, 4) is 11.8 Å². The number of nitrogens with one attached hydrogen (secondary N) is 2. The average molecular weight is 380 g/mol. The standard InChI is InChI=1S/C21H24N4O3/c1-3-25(12-13-28-20-10-4-17(14-22)5-11-20)15-21(27)24-19-8-6-18(7-9-19)23-16(2)26/h4-11H,3,12-13,15H2,1-2H3,(H,23,26)(H,24,27). The van der Waals surface area contributed by atoms with E-state index in [0.717, 1.165) is 0 Å². The largest absolute Gasteiger partial charge is 0.492 e. The molecule has 2 amide bonds. The van der Waals surface area contributed by atoms with E-state index in [1.807, 2.05) is 11.8 Å². The van der Waals surface area contributed by atoms with Crippen molar-refractivity contribution in [1.82, 2.24) is 4.90 Å². The molecule has 2 rings (SSSR count). The number of carbonyl (C=O) groups excluding carboxylic acids is 2. The molecule has 0 unspecified atom stereocenters. The van der Waals surface area contributed by atoms with E-state index in [4.69, 9.17) is 10.00 Å². The Morgan fingerprint density at radius 3 is 2.18 bits per heavy atom. The Balaban J connectivity index is 1.77. The summed E-state index contributed by atoms with van der Waals surface area (Å²) in [5.41, 5.74) is 1.94. The van der Waals surface area contributed by atoms with Crippen LogP contribution in [0.4, 0.5) is 11.4 Å². The first kappa shape index (κ1) is 20.9. The highest BCUT2D eigenvalue weighted by molar-refractivity contribution is 5.93. The van der Waals surface area contributed by atoms with Gasteiger partial charge in [-0.15, -0.1) is 0 Å². The van der Waals surface area contributed by atoms with Crippen LogP contribution in [-0.2, 0) is 9.59 Å². The second-order valence-corrected chi connectivity index (χ2v) is 6.16. The van der Waals surface area contributed by atoms with Gasteiger partial charge in [0.05, 0.1) is 18.2 Å². The molecule has 7 nitrogen and oxygen atoms in total. The van der Waals surface area contributed by atoms with E-state index in [-0.39, 0.29) is 18.4 Å². The van der Waals surface area contributed by atoms with E-state index in [9.17, 15) is 9.59 Å². The van der Waals surface area contributed by atoms with E-state index in [1.54, 1.807) is 48.5 Å². The number of nitrogens with zero attached hydrogens (tertiary/aromatic N) is 2. The molecule has 28 heavy (non-hydrogen) atoms. The molecule has 0 saturated carbocycles. The van der Waals surface area contributed by atoms with Gasteiger partial charge in [0.25, 0.3) is 0 Å². The van der Waals surface area contributed by atoms with E-state index < -0.39 is 0 Å². The normalized spacial score (nSPS) is 10.2. The molecule has 0 aliphatic rings. The molecule has 0 saturated heterocycles. The van der Waals surface area contributed by atoms with Crippen molar-refractivity contribution in [2.45, 2.75) is 13.8 Å². The van der Waals surface area contributed by atoms with E-state index >= 15 is 0 Å². The van der Waals surface area contributed by atoms with Gasteiger partial charge in [-0.2, -0.15) is 5.26 Å². The highest BCUT2D eigenvalue weighted by Gasteiger charge is 2.10. The molecule has 0 bridgehead atoms. The van der Waals surface area contributed by atoms with Crippen LogP contribution >= 0.6 is 0 Å². The van der Waals surface area contributed by atoms with E-state index in [2.05, 4.69) is 16.7 Å². The number of likely N-dealkylation sites (N-methyl/N-ethyl adjacent to an activating group) is 1. The Labute approximate surface area is 164 Å². The van der Waals surface area contributed by atoms with Crippen molar-refractivity contribution in [3.63, 3.8) is 0 Å². The Morgan fingerprint density at radius 1 is 1.04 bits per heavy atom. The van der Waals surface area contributed by atoms with Crippen LogP contribution in [0, 0.1) is 11.3 Å². The lowest BCUT2D eigenvalue weighted by Crippen LogP contribution is -2.35. The van der Waals surface area contributed by atoms with Gasteiger partial charge in [0.1, 0.15) is 12.4 Å². The van der Waals surface area contributed by atoms with Gasteiger partial charge in [-0.05, 0) is 55.1 Å². The van der Waals surface area contributed by atoms with E-state index in [0.29, 0.717) is 42.4 Å². The Morgan fingerprint density at radius 2 is 1.64 bits per heavy atom. The van der Waals surface area contributed by atoms with Gasteiger partial charge in [-0.1, -0.05) is 6.92 Å². The fourth-order valence-corrected chi connectivity index (χ4v) is 2.51. The summed E-state index contributed by atoms with van der Waals surface area (Å²) in [6.45, 7) is 5.44. The topological polar surface area (TPSA) is 94.5 Å². The molecule has 146 valence electrons. The van der Waals surface area contributed by atoms with Gasteiger partial charge < -0.3 is 15.4 Å². The lowest BCUT2D eigenvalue weighted by atomic mass is 10.2. The number of hydrogen-bond acceptors (Lipinski definition) is 5. The molecular formula is C21H24N4O3. The van der Waals surface area contributed by atoms with Crippen molar-refractivity contribution in [3.05, 3.63) is 54.1 Å². The summed E-state index contributed by atoms with van der Waals surface area (Å²) < 4.78 is 5.67. The highest BCUT2D eigenvalue weighted by Crippen LogP contribution is 2.14. The van der Waals surface area contributed by atoms with Gasteiger partial charge >= 0.3 is 0 Å². The zero-order valence-corrected chi connectivity index (χ0v) is 16.1. The lowest BCUT2D eigenvalue weighted by Gasteiger charge is -2.20. The summed E-state index contributed by atoms with van der Waals surface area (Å²) in [4.78, 5) is 25.3. The van der Waals surface area contributed by atoms with Gasteiger partial charge in [0.15, 0.2) is 0 Å². The Bertz CT molecular complexity index is 826. The predicted molar refractivity (Wildman–Crippen MR) is 108 cm³/mol. The Kier molecular flexibility index (Phi) is 8.00. The zero-order valence-electron chi connectivity index (χ0n) is 16.1. The van der Waals surface area contributed by atoms with Gasteiger partial charge in [-0.3, -0.25) is 14.5 Å². The van der Waals surface area contributed by atoms with Gasteiger partial charge in [-0.25, -0.2) is 0 Å². The number of carbonyl (C=O) groups is 2. The second-order valence-electron chi connectivity index (χ2n) is 6.16. The molecule has 0 fully saturated rings. The molecule has 0 heterocycles. The van der Waals surface area contributed by atoms with Gasteiger partial charge in [0, 0.05) is 24.8 Å². The first-order chi connectivity index (χ1) is 13.5.